The van der Waals surface area contributed by atoms with Crippen LogP contribution in [-0.4, -0.2) is 40.5 Å². The first kappa shape index (κ1) is 19.9. The molecule has 1 fully saturated rings. The summed E-state index contributed by atoms with van der Waals surface area (Å²) in [7, 11) is 0. The van der Waals surface area contributed by atoms with Crippen LogP contribution < -0.4 is 5.32 Å². The van der Waals surface area contributed by atoms with Crippen LogP contribution in [0.15, 0.2) is 52.0 Å². The Morgan fingerprint density at radius 3 is 2.59 bits per heavy atom. The van der Waals surface area contributed by atoms with Crippen LogP contribution in [0.5, 0.6) is 0 Å². The lowest BCUT2D eigenvalue weighted by Gasteiger charge is -2.31. The molecule has 0 saturated carbocycles. The maximum Gasteiger partial charge on any atom is 0.232 e. The topological polar surface area (TPSA) is 62.3 Å². The summed E-state index contributed by atoms with van der Waals surface area (Å²) in [6.07, 6.45) is 3.05. The van der Waals surface area contributed by atoms with E-state index in [1.165, 1.54) is 0 Å². The normalized spacial score (nSPS) is 14.8. The zero-order valence-corrected chi connectivity index (χ0v) is 17.6. The van der Waals surface area contributed by atoms with Crippen molar-refractivity contribution in [2.45, 2.75) is 24.7 Å². The lowest BCUT2D eigenvalue weighted by molar-refractivity contribution is -0.132. The molecule has 1 N–H and O–H groups in total. The Balaban J connectivity index is 1.45. The molecule has 142 valence electrons. The van der Waals surface area contributed by atoms with Crippen LogP contribution in [-0.2, 0) is 9.59 Å². The molecule has 1 aromatic heterocycles. The third kappa shape index (κ3) is 5.56. The van der Waals surface area contributed by atoms with Gasteiger partial charge in [-0.25, -0.2) is 4.98 Å². The van der Waals surface area contributed by atoms with E-state index in [0.29, 0.717) is 37.5 Å². The van der Waals surface area contributed by atoms with E-state index in [9.17, 15) is 9.59 Å². The van der Waals surface area contributed by atoms with Crippen LogP contribution in [0.3, 0.4) is 0 Å². The van der Waals surface area contributed by atoms with Crippen LogP contribution in [0.2, 0.25) is 0 Å². The van der Waals surface area contributed by atoms with Gasteiger partial charge in [-0.05, 0) is 55.7 Å². The summed E-state index contributed by atoms with van der Waals surface area (Å²) in [5.74, 6) is 1.09. The van der Waals surface area contributed by atoms with Gasteiger partial charge in [-0.2, -0.15) is 0 Å². The highest BCUT2D eigenvalue weighted by molar-refractivity contribution is 9.10. The zero-order valence-electron chi connectivity index (χ0n) is 15.2. The van der Waals surface area contributed by atoms with Crippen molar-refractivity contribution < 1.29 is 9.59 Å². The number of pyridine rings is 1. The number of carbonyl (C=O) groups is 2. The van der Waals surface area contributed by atoms with E-state index < -0.39 is 0 Å². The summed E-state index contributed by atoms with van der Waals surface area (Å²) < 4.78 is 1.03. The molecule has 1 aliphatic heterocycles. The standard InChI is InChI=1S/C20H22BrN3O2S/c1-14-3-2-10-22-19(14)23-20(26)15-8-11-24(12-9-15)18(25)13-27-17-6-4-16(21)5-7-17/h2-7,10,15H,8-9,11-13H2,1H3,(H,22,23,26). The average Bonchev–Trinajstić information content (AvgIpc) is 2.69. The molecular formula is C20H22BrN3O2S. The predicted molar refractivity (Wildman–Crippen MR) is 112 cm³/mol. The van der Waals surface area contributed by atoms with Gasteiger partial charge in [-0.3, -0.25) is 9.59 Å². The third-order valence-corrected chi connectivity index (χ3v) is 6.17. The van der Waals surface area contributed by atoms with Crippen LogP contribution in [0, 0.1) is 12.8 Å². The molecule has 0 bridgehead atoms. The number of rotatable bonds is 5. The average molecular weight is 448 g/mol. The van der Waals surface area contributed by atoms with Crippen molar-refractivity contribution in [3.8, 4) is 0 Å². The van der Waals surface area contributed by atoms with E-state index in [0.717, 1.165) is 14.9 Å². The highest BCUT2D eigenvalue weighted by atomic mass is 79.9. The van der Waals surface area contributed by atoms with Crippen LogP contribution in [0.1, 0.15) is 18.4 Å². The van der Waals surface area contributed by atoms with Crippen LogP contribution in [0.25, 0.3) is 0 Å². The Morgan fingerprint density at radius 2 is 1.93 bits per heavy atom. The Hall–Kier alpha value is -1.86. The summed E-state index contributed by atoms with van der Waals surface area (Å²) in [5, 5.41) is 2.91. The minimum atomic E-state index is -0.0745. The first-order valence-electron chi connectivity index (χ1n) is 8.91. The first-order chi connectivity index (χ1) is 13.0. The zero-order chi connectivity index (χ0) is 19.2. The molecule has 5 nitrogen and oxygen atoms in total. The highest BCUT2D eigenvalue weighted by Crippen LogP contribution is 2.23. The fraction of sp³-hybridized carbons (Fsp3) is 0.350. The molecule has 0 spiro atoms. The lowest BCUT2D eigenvalue weighted by atomic mass is 9.96. The smallest absolute Gasteiger partial charge is 0.232 e. The number of carbonyl (C=O) groups excluding carboxylic acids is 2. The monoisotopic (exact) mass is 447 g/mol. The van der Waals surface area contributed by atoms with Gasteiger partial charge in [0.2, 0.25) is 11.8 Å². The Kier molecular flexibility index (Phi) is 6.90. The summed E-state index contributed by atoms with van der Waals surface area (Å²) in [6.45, 7) is 3.17. The van der Waals surface area contributed by atoms with Gasteiger partial charge in [0.05, 0.1) is 5.75 Å². The van der Waals surface area contributed by atoms with Crippen LogP contribution >= 0.6 is 27.7 Å². The number of anilines is 1. The number of amides is 2. The molecular weight excluding hydrogens is 426 g/mol. The van der Waals surface area contributed by atoms with E-state index in [-0.39, 0.29) is 17.7 Å². The van der Waals surface area contributed by atoms with Gasteiger partial charge in [0.15, 0.2) is 0 Å². The number of hydrogen-bond donors (Lipinski definition) is 1. The number of piperidine rings is 1. The minimum absolute atomic E-state index is 0.00636. The van der Waals surface area contributed by atoms with Crippen molar-refractivity contribution in [2.75, 3.05) is 24.2 Å². The van der Waals surface area contributed by atoms with Gasteiger partial charge < -0.3 is 10.2 Å². The molecule has 1 aromatic carbocycles. The number of aromatic nitrogens is 1. The van der Waals surface area contributed by atoms with Crippen molar-refractivity contribution in [2.24, 2.45) is 5.92 Å². The number of aryl methyl sites for hydroxylation is 1. The van der Waals surface area contributed by atoms with E-state index in [1.54, 1.807) is 18.0 Å². The van der Waals surface area contributed by atoms with Crippen molar-refractivity contribution in [1.29, 1.82) is 0 Å². The van der Waals surface area contributed by atoms with E-state index in [2.05, 4.69) is 26.2 Å². The Bertz CT molecular complexity index is 805. The Morgan fingerprint density at radius 1 is 1.22 bits per heavy atom. The van der Waals surface area contributed by atoms with Crippen molar-refractivity contribution in [3.63, 3.8) is 0 Å². The largest absolute Gasteiger partial charge is 0.342 e. The Labute approximate surface area is 172 Å². The second-order valence-corrected chi connectivity index (χ2v) is 8.52. The highest BCUT2D eigenvalue weighted by Gasteiger charge is 2.27. The quantitative estimate of drug-likeness (QED) is 0.700. The molecule has 0 radical (unpaired) electrons. The fourth-order valence-electron chi connectivity index (χ4n) is 2.99. The fourth-order valence-corrected chi connectivity index (χ4v) is 4.06. The van der Waals surface area contributed by atoms with Crippen molar-refractivity contribution >= 4 is 45.3 Å². The molecule has 7 heteroatoms. The van der Waals surface area contributed by atoms with E-state index in [1.807, 2.05) is 48.2 Å². The second kappa shape index (κ2) is 9.37. The van der Waals surface area contributed by atoms with Gasteiger partial charge in [0, 0.05) is 34.6 Å². The molecule has 2 aromatic rings. The molecule has 0 unspecified atom stereocenters. The van der Waals surface area contributed by atoms with Gasteiger partial charge in [0.25, 0.3) is 0 Å². The summed E-state index contributed by atoms with van der Waals surface area (Å²) >= 11 is 4.95. The second-order valence-electron chi connectivity index (χ2n) is 6.56. The number of thioether (sulfide) groups is 1. The number of nitrogens with one attached hydrogen (secondary N) is 1. The van der Waals surface area contributed by atoms with E-state index in [4.69, 9.17) is 0 Å². The minimum Gasteiger partial charge on any atom is -0.342 e. The summed E-state index contributed by atoms with van der Waals surface area (Å²) in [5.41, 5.74) is 0.948. The molecule has 2 amide bonds. The van der Waals surface area contributed by atoms with E-state index >= 15 is 0 Å². The number of hydrogen-bond acceptors (Lipinski definition) is 4. The van der Waals surface area contributed by atoms with Gasteiger partial charge in [0.1, 0.15) is 5.82 Å². The number of likely N-dealkylation sites (tertiary alicyclic amines) is 1. The predicted octanol–water partition coefficient (Wildman–Crippen LogP) is 4.12. The van der Waals surface area contributed by atoms with Gasteiger partial charge in [-0.1, -0.05) is 22.0 Å². The molecule has 1 saturated heterocycles. The van der Waals surface area contributed by atoms with Crippen LogP contribution in [0.4, 0.5) is 5.82 Å². The molecule has 2 heterocycles. The van der Waals surface area contributed by atoms with Crippen molar-refractivity contribution in [1.82, 2.24) is 9.88 Å². The SMILES string of the molecule is Cc1cccnc1NC(=O)C1CCN(C(=O)CSc2ccc(Br)cc2)CC1. The molecule has 1 aliphatic rings. The number of halogens is 1. The molecule has 0 aliphatic carbocycles. The van der Waals surface area contributed by atoms with Gasteiger partial charge in [-0.15, -0.1) is 11.8 Å². The van der Waals surface area contributed by atoms with Gasteiger partial charge >= 0.3 is 0 Å². The maximum atomic E-state index is 12.5. The number of benzene rings is 1. The summed E-state index contributed by atoms with van der Waals surface area (Å²) in [4.78, 5) is 32.1. The summed E-state index contributed by atoms with van der Waals surface area (Å²) in [6, 6.07) is 11.7. The molecule has 0 atom stereocenters. The maximum absolute atomic E-state index is 12.5. The molecule has 27 heavy (non-hydrogen) atoms. The number of nitrogens with zero attached hydrogens (tertiary/aromatic N) is 2. The molecule has 3 rings (SSSR count). The lowest BCUT2D eigenvalue weighted by Crippen LogP contribution is -2.42. The van der Waals surface area contributed by atoms with Crippen molar-refractivity contribution in [3.05, 3.63) is 52.6 Å². The third-order valence-electron chi connectivity index (χ3n) is 4.65. The first-order valence-corrected chi connectivity index (χ1v) is 10.7.